The first-order valence-electron chi connectivity index (χ1n) is 12.3. The van der Waals surface area contributed by atoms with Crippen LogP contribution in [0.5, 0.6) is 0 Å². The van der Waals surface area contributed by atoms with E-state index in [1.807, 2.05) is 39.8 Å². The molecule has 2 aromatic rings. The number of carbonyl (C=O) groups is 3. The normalized spacial score (nSPS) is 15.1. The summed E-state index contributed by atoms with van der Waals surface area (Å²) >= 11 is 0. The number of hydrogen-bond donors (Lipinski definition) is 1. The molecule has 0 saturated carbocycles. The Morgan fingerprint density at radius 1 is 1.09 bits per heavy atom. The first-order chi connectivity index (χ1) is 16.6. The minimum atomic E-state index is -0.553. The van der Waals surface area contributed by atoms with Crippen LogP contribution < -0.4 is 5.32 Å². The van der Waals surface area contributed by atoms with Gasteiger partial charge in [0.1, 0.15) is 17.1 Å². The highest BCUT2D eigenvalue weighted by Gasteiger charge is 2.33. The van der Waals surface area contributed by atoms with Crippen LogP contribution in [0, 0.1) is 0 Å². The molecule has 0 spiro atoms. The van der Waals surface area contributed by atoms with Crippen molar-refractivity contribution in [3.63, 3.8) is 0 Å². The van der Waals surface area contributed by atoms with Gasteiger partial charge >= 0.3 is 12.0 Å². The summed E-state index contributed by atoms with van der Waals surface area (Å²) in [5, 5.41) is 2.70. The monoisotopic (exact) mass is 480 g/mol. The number of amides is 3. The summed E-state index contributed by atoms with van der Waals surface area (Å²) in [7, 11) is 0. The Morgan fingerprint density at radius 3 is 2.40 bits per heavy atom. The molecular formula is C27H36N4O4. The molecule has 1 N–H and O–H groups in total. The van der Waals surface area contributed by atoms with Crippen molar-refractivity contribution < 1.29 is 19.1 Å². The van der Waals surface area contributed by atoms with Gasteiger partial charge in [-0.1, -0.05) is 38.8 Å². The molecular weight excluding hydrogens is 444 g/mol. The number of rotatable bonds is 10. The van der Waals surface area contributed by atoms with Crippen LogP contribution in [0.1, 0.15) is 87.7 Å². The van der Waals surface area contributed by atoms with Gasteiger partial charge in [0.15, 0.2) is 0 Å². The molecule has 1 aromatic heterocycles. The molecule has 8 heteroatoms. The van der Waals surface area contributed by atoms with Crippen LogP contribution in [-0.2, 0) is 22.5 Å². The van der Waals surface area contributed by atoms with Gasteiger partial charge in [0, 0.05) is 19.5 Å². The van der Waals surface area contributed by atoms with Crippen molar-refractivity contribution in [1.82, 2.24) is 19.8 Å². The van der Waals surface area contributed by atoms with Crippen molar-refractivity contribution in [3.05, 3.63) is 58.8 Å². The van der Waals surface area contributed by atoms with Crippen LogP contribution in [0.25, 0.3) is 6.08 Å². The molecule has 0 aliphatic carbocycles. The van der Waals surface area contributed by atoms with E-state index in [0.717, 1.165) is 49.2 Å². The molecule has 3 rings (SSSR count). The lowest BCUT2D eigenvalue weighted by atomic mass is 10.1. The van der Waals surface area contributed by atoms with Crippen LogP contribution in [0.15, 0.2) is 36.2 Å². The molecule has 2 heterocycles. The molecule has 0 unspecified atom stereocenters. The number of urea groups is 1. The maximum Gasteiger partial charge on any atom is 0.338 e. The summed E-state index contributed by atoms with van der Waals surface area (Å²) in [4.78, 5) is 43.2. The van der Waals surface area contributed by atoms with Gasteiger partial charge in [-0.25, -0.2) is 14.6 Å². The van der Waals surface area contributed by atoms with Gasteiger partial charge in [0.05, 0.1) is 17.5 Å². The summed E-state index contributed by atoms with van der Waals surface area (Å²) in [6, 6.07) is 6.93. The van der Waals surface area contributed by atoms with E-state index in [-0.39, 0.29) is 23.6 Å². The number of aryl methyl sites for hydroxylation is 1. The van der Waals surface area contributed by atoms with E-state index in [4.69, 9.17) is 4.74 Å². The predicted octanol–water partition coefficient (Wildman–Crippen LogP) is 4.92. The lowest BCUT2D eigenvalue weighted by molar-refractivity contribution is -0.122. The predicted molar refractivity (Wildman–Crippen MR) is 135 cm³/mol. The average Bonchev–Trinajstić information content (AvgIpc) is 3.29. The molecule has 1 saturated heterocycles. The van der Waals surface area contributed by atoms with E-state index < -0.39 is 5.60 Å². The fraction of sp³-hybridized carbons (Fsp3) is 0.481. The fourth-order valence-corrected chi connectivity index (χ4v) is 3.77. The minimum Gasteiger partial charge on any atom is -0.456 e. The quantitative estimate of drug-likeness (QED) is 0.296. The molecule has 8 nitrogen and oxygen atoms in total. The molecule has 3 amide bonds. The third-order valence-electron chi connectivity index (χ3n) is 5.64. The molecule has 0 bridgehead atoms. The molecule has 1 aliphatic heterocycles. The van der Waals surface area contributed by atoms with Crippen LogP contribution in [0.3, 0.4) is 0 Å². The highest BCUT2D eigenvalue weighted by Crippen LogP contribution is 2.19. The standard InChI is InChI=1S/C27H36N4O4/c1-6-8-10-23-28-17-21(16-22-24(32)30(15-9-7-2)26(34)29-22)31(23)18-19-11-13-20(14-12-19)25(33)35-27(3,4)5/h11-14,16-17H,6-10,15,18H2,1-5H3,(H,29,34)/b22-16-. The Kier molecular flexibility index (Phi) is 8.48. The lowest BCUT2D eigenvalue weighted by Crippen LogP contribution is -2.31. The van der Waals surface area contributed by atoms with Gasteiger partial charge in [-0.2, -0.15) is 0 Å². The lowest BCUT2D eigenvalue weighted by Gasteiger charge is -2.19. The number of hydrogen-bond acceptors (Lipinski definition) is 5. The smallest absolute Gasteiger partial charge is 0.338 e. The molecule has 0 atom stereocenters. The van der Waals surface area contributed by atoms with E-state index in [0.29, 0.717) is 18.7 Å². The number of benzene rings is 1. The van der Waals surface area contributed by atoms with Crippen molar-refractivity contribution >= 4 is 24.0 Å². The number of imide groups is 1. The van der Waals surface area contributed by atoms with Gasteiger partial charge < -0.3 is 14.6 Å². The first-order valence-corrected chi connectivity index (χ1v) is 12.3. The second-order valence-electron chi connectivity index (χ2n) is 9.79. The number of ether oxygens (including phenoxy) is 1. The number of nitrogens with one attached hydrogen (secondary N) is 1. The number of aromatic nitrogens is 2. The Bertz CT molecular complexity index is 1090. The summed E-state index contributed by atoms with van der Waals surface area (Å²) in [6.07, 6.45) is 7.94. The van der Waals surface area contributed by atoms with Gasteiger partial charge in [0.2, 0.25) is 0 Å². The maximum absolute atomic E-state index is 12.8. The highest BCUT2D eigenvalue weighted by atomic mass is 16.6. The van der Waals surface area contributed by atoms with Crippen molar-refractivity contribution in [3.8, 4) is 0 Å². The van der Waals surface area contributed by atoms with Crippen LogP contribution in [0.4, 0.5) is 4.79 Å². The Balaban J connectivity index is 1.85. The number of imidazole rings is 1. The van der Waals surface area contributed by atoms with Gasteiger partial charge in [0.25, 0.3) is 5.91 Å². The second-order valence-corrected chi connectivity index (χ2v) is 9.79. The second kappa shape index (κ2) is 11.3. The minimum absolute atomic E-state index is 0.259. The molecule has 0 radical (unpaired) electrons. The van der Waals surface area contributed by atoms with Gasteiger partial charge in [-0.15, -0.1) is 0 Å². The zero-order valence-corrected chi connectivity index (χ0v) is 21.4. The maximum atomic E-state index is 12.8. The van der Waals surface area contributed by atoms with Crippen LogP contribution in [-0.4, -0.2) is 44.5 Å². The summed E-state index contributed by atoms with van der Waals surface area (Å²) < 4.78 is 7.50. The molecule has 1 fully saturated rings. The Labute approximate surface area is 207 Å². The van der Waals surface area contributed by atoms with Crippen molar-refractivity contribution in [2.45, 2.75) is 78.9 Å². The summed E-state index contributed by atoms with van der Waals surface area (Å²) in [5.74, 6) is 0.242. The average molecular weight is 481 g/mol. The van der Waals surface area contributed by atoms with Crippen molar-refractivity contribution in [1.29, 1.82) is 0 Å². The zero-order valence-electron chi connectivity index (χ0n) is 21.4. The molecule has 1 aromatic carbocycles. The van der Waals surface area contributed by atoms with E-state index in [9.17, 15) is 14.4 Å². The summed E-state index contributed by atoms with van der Waals surface area (Å²) in [6.45, 7) is 10.6. The summed E-state index contributed by atoms with van der Waals surface area (Å²) in [5.41, 5.74) is 1.93. The third kappa shape index (κ3) is 6.81. The zero-order chi connectivity index (χ0) is 25.6. The first kappa shape index (κ1) is 26.2. The largest absolute Gasteiger partial charge is 0.456 e. The highest BCUT2D eigenvalue weighted by molar-refractivity contribution is 6.13. The topological polar surface area (TPSA) is 93.5 Å². The number of nitrogens with zero attached hydrogens (tertiary/aromatic N) is 3. The molecule has 1 aliphatic rings. The van der Waals surface area contributed by atoms with Gasteiger partial charge in [-0.05, 0) is 57.4 Å². The fourth-order valence-electron chi connectivity index (χ4n) is 3.77. The van der Waals surface area contributed by atoms with E-state index in [2.05, 4.69) is 21.8 Å². The van der Waals surface area contributed by atoms with E-state index >= 15 is 0 Å². The number of esters is 1. The van der Waals surface area contributed by atoms with Crippen molar-refractivity contribution in [2.24, 2.45) is 0 Å². The van der Waals surface area contributed by atoms with Crippen LogP contribution >= 0.6 is 0 Å². The molecule has 35 heavy (non-hydrogen) atoms. The Morgan fingerprint density at radius 2 is 1.77 bits per heavy atom. The SMILES string of the molecule is CCCCc1ncc(/C=C2\NC(=O)N(CCCC)C2=O)n1Cc1ccc(C(=O)OC(C)(C)C)cc1. The van der Waals surface area contributed by atoms with Gasteiger partial charge in [-0.3, -0.25) is 9.69 Å². The Hall–Kier alpha value is -3.42. The molecule has 188 valence electrons. The number of carbonyl (C=O) groups excluding carboxylic acids is 3. The van der Waals surface area contributed by atoms with Crippen molar-refractivity contribution in [2.75, 3.05) is 6.54 Å². The van der Waals surface area contributed by atoms with Crippen LogP contribution in [0.2, 0.25) is 0 Å². The number of unbranched alkanes of at least 4 members (excludes halogenated alkanes) is 2. The van der Waals surface area contributed by atoms with E-state index in [1.54, 1.807) is 24.4 Å². The van der Waals surface area contributed by atoms with E-state index in [1.165, 1.54) is 4.90 Å². The third-order valence-corrected chi connectivity index (χ3v) is 5.64.